The number of thiocarbonyl (C=S) groups is 1. The molecule has 0 bridgehead atoms. The van der Waals surface area contributed by atoms with Crippen LogP contribution in [0.1, 0.15) is 41.0 Å². The number of anilines is 1. The van der Waals surface area contributed by atoms with Gasteiger partial charge < -0.3 is 14.8 Å². The number of halogens is 1. The Morgan fingerprint density at radius 1 is 0.971 bits per heavy atom. The van der Waals surface area contributed by atoms with Gasteiger partial charge in [-0.2, -0.15) is 0 Å². The molecule has 9 nitrogen and oxygen atoms in total. The standard InChI is InChI=1S/C23H27BrN4O5S/c1-14(2)12-20(29)25-17-7-4-15(5-8-17)22(31)27-28-23(34)26-21(30)16-6-9-19(18(24)13-16)33-11-10-32-3/h4-9,13-14H,10-12H2,1-3H3,(H,25,29)(H,27,31)(H2,26,28,30,34). The largest absolute Gasteiger partial charge is 0.490 e. The summed E-state index contributed by atoms with van der Waals surface area (Å²) >= 11 is 8.44. The molecule has 2 aromatic rings. The van der Waals surface area contributed by atoms with E-state index < -0.39 is 11.8 Å². The number of nitrogens with one attached hydrogen (secondary N) is 4. The summed E-state index contributed by atoms with van der Waals surface area (Å²) in [4.78, 5) is 36.6. The molecule has 0 aliphatic rings. The van der Waals surface area contributed by atoms with E-state index in [1.54, 1.807) is 49.6 Å². The Hall–Kier alpha value is -3.02. The second-order valence-electron chi connectivity index (χ2n) is 7.57. The molecule has 182 valence electrons. The van der Waals surface area contributed by atoms with Crippen LogP contribution in [-0.2, 0) is 9.53 Å². The van der Waals surface area contributed by atoms with Crippen LogP contribution in [0.2, 0.25) is 0 Å². The molecule has 2 rings (SSSR count). The van der Waals surface area contributed by atoms with Crippen molar-refractivity contribution < 1.29 is 23.9 Å². The van der Waals surface area contributed by atoms with E-state index in [4.69, 9.17) is 21.7 Å². The minimum absolute atomic E-state index is 0.0764. The van der Waals surface area contributed by atoms with Crippen molar-refractivity contribution in [3.63, 3.8) is 0 Å². The number of hydrogen-bond acceptors (Lipinski definition) is 6. The van der Waals surface area contributed by atoms with Gasteiger partial charge >= 0.3 is 0 Å². The number of carbonyl (C=O) groups is 3. The first-order chi connectivity index (χ1) is 16.2. The Bertz CT molecular complexity index is 1030. The number of ether oxygens (including phenoxy) is 2. The summed E-state index contributed by atoms with van der Waals surface area (Å²) in [5, 5.41) is 5.18. The molecule has 34 heavy (non-hydrogen) atoms. The van der Waals surface area contributed by atoms with Crippen molar-refractivity contribution in [2.45, 2.75) is 20.3 Å². The Morgan fingerprint density at radius 3 is 2.26 bits per heavy atom. The number of carbonyl (C=O) groups excluding carboxylic acids is 3. The summed E-state index contributed by atoms with van der Waals surface area (Å²) < 4.78 is 11.1. The van der Waals surface area contributed by atoms with E-state index in [2.05, 4.69) is 37.4 Å². The van der Waals surface area contributed by atoms with Gasteiger partial charge in [0, 0.05) is 30.3 Å². The first kappa shape index (κ1) is 27.2. The van der Waals surface area contributed by atoms with Crippen LogP contribution in [0.3, 0.4) is 0 Å². The third kappa shape index (κ3) is 9.08. The monoisotopic (exact) mass is 550 g/mol. The molecule has 0 saturated carbocycles. The summed E-state index contributed by atoms with van der Waals surface area (Å²) in [6.07, 6.45) is 0.415. The Balaban J connectivity index is 1.83. The Morgan fingerprint density at radius 2 is 1.65 bits per heavy atom. The van der Waals surface area contributed by atoms with E-state index in [9.17, 15) is 14.4 Å². The van der Waals surface area contributed by atoms with Crippen LogP contribution in [-0.4, -0.2) is 43.2 Å². The number of benzene rings is 2. The van der Waals surface area contributed by atoms with Crippen molar-refractivity contribution in [3.05, 3.63) is 58.1 Å². The summed E-state index contributed by atoms with van der Waals surface area (Å²) in [6, 6.07) is 11.2. The molecule has 0 aromatic heterocycles. The molecule has 2 aromatic carbocycles. The van der Waals surface area contributed by atoms with E-state index in [0.29, 0.717) is 46.7 Å². The Kier molecular flexibility index (Phi) is 10.9. The predicted octanol–water partition coefficient (Wildman–Crippen LogP) is 3.41. The van der Waals surface area contributed by atoms with E-state index in [-0.39, 0.29) is 16.9 Å². The van der Waals surface area contributed by atoms with Crippen LogP contribution < -0.4 is 26.2 Å². The zero-order valence-corrected chi connectivity index (χ0v) is 21.5. The molecule has 3 amide bonds. The van der Waals surface area contributed by atoms with Crippen molar-refractivity contribution >= 4 is 56.7 Å². The number of amides is 3. The van der Waals surface area contributed by atoms with E-state index in [1.807, 2.05) is 13.8 Å². The Labute approximate surface area is 212 Å². The number of methoxy groups -OCH3 is 1. The normalized spacial score (nSPS) is 10.4. The second-order valence-corrected chi connectivity index (χ2v) is 8.83. The highest BCUT2D eigenvalue weighted by atomic mass is 79.9. The van der Waals surface area contributed by atoms with E-state index in [0.717, 1.165) is 0 Å². The van der Waals surface area contributed by atoms with Crippen molar-refractivity contribution in [1.82, 2.24) is 16.2 Å². The van der Waals surface area contributed by atoms with E-state index in [1.165, 1.54) is 0 Å². The van der Waals surface area contributed by atoms with Gasteiger partial charge in [0.1, 0.15) is 12.4 Å². The van der Waals surface area contributed by atoms with Gasteiger partial charge in [0.05, 0.1) is 11.1 Å². The van der Waals surface area contributed by atoms with Crippen LogP contribution in [0.15, 0.2) is 46.9 Å². The van der Waals surface area contributed by atoms with Crippen LogP contribution >= 0.6 is 28.1 Å². The summed E-state index contributed by atoms with van der Waals surface area (Å²) in [6.45, 7) is 4.74. The van der Waals surface area contributed by atoms with Crippen LogP contribution in [0.25, 0.3) is 0 Å². The molecular formula is C23H27BrN4O5S. The molecule has 0 saturated heterocycles. The third-order valence-electron chi connectivity index (χ3n) is 4.28. The van der Waals surface area contributed by atoms with Gasteiger partial charge in [0.25, 0.3) is 11.8 Å². The molecule has 0 radical (unpaired) electrons. The molecule has 0 fully saturated rings. The van der Waals surface area contributed by atoms with Gasteiger partial charge in [-0.25, -0.2) is 0 Å². The molecule has 0 unspecified atom stereocenters. The minimum Gasteiger partial charge on any atom is -0.490 e. The van der Waals surface area contributed by atoms with Gasteiger partial charge in [-0.3, -0.25) is 30.6 Å². The highest BCUT2D eigenvalue weighted by Gasteiger charge is 2.12. The molecule has 4 N–H and O–H groups in total. The lowest BCUT2D eigenvalue weighted by molar-refractivity contribution is -0.116. The van der Waals surface area contributed by atoms with Gasteiger partial charge in [-0.1, -0.05) is 13.8 Å². The maximum atomic E-state index is 12.4. The summed E-state index contributed by atoms with van der Waals surface area (Å²) in [5.41, 5.74) is 6.19. The number of hydrogen-bond donors (Lipinski definition) is 4. The zero-order valence-electron chi connectivity index (χ0n) is 19.1. The predicted molar refractivity (Wildman–Crippen MR) is 137 cm³/mol. The smallest absolute Gasteiger partial charge is 0.269 e. The summed E-state index contributed by atoms with van der Waals surface area (Å²) in [7, 11) is 1.58. The van der Waals surface area contributed by atoms with Gasteiger partial charge in [-0.05, 0) is 76.5 Å². The van der Waals surface area contributed by atoms with Crippen LogP contribution in [0.5, 0.6) is 5.75 Å². The van der Waals surface area contributed by atoms with Crippen molar-refractivity contribution in [3.8, 4) is 5.75 Å². The number of rotatable bonds is 9. The lowest BCUT2D eigenvalue weighted by Gasteiger charge is -2.12. The minimum atomic E-state index is -0.461. The van der Waals surface area contributed by atoms with Crippen molar-refractivity contribution in [2.24, 2.45) is 5.92 Å². The fourth-order valence-corrected chi connectivity index (χ4v) is 3.31. The van der Waals surface area contributed by atoms with E-state index >= 15 is 0 Å². The molecule has 0 aliphatic carbocycles. The van der Waals surface area contributed by atoms with Crippen molar-refractivity contribution in [1.29, 1.82) is 0 Å². The lowest BCUT2D eigenvalue weighted by Crippen LogP contribution is -2.48. The molecule has 0 spiro atoms. The highest BCUT2D eigenvalue weighted by molar-refractivity contribution is 9.10. The van der Waals surface area contributed by atoms with Gasteiger partial charge in [-0.15, -0.1) is 0 Å². The maximum Gasteiger partial charge on any atom is 0.269 e. The quantitative estimate of drug-likeness (QED) is 0.214. The fraction of sp³-hybridized carbons (Fsp3) is 0.304. The zero-order chi connectivity index (χ0) is 25.1. The second kappa shape index (κ2) is 13.6. The molecule has 0 atom stereocenters. The molecule has 11 heteroatoms. The topological polar surface area (TPSA) is 118 Å². The maximum absolute atomic E-state index is 12.4. The molecule has 0 heterocycles. The van der Waals surface area contributed by atoms with Crippen LogP contribution in [0, 0.1) is 5.92 Å². The third-order valence-corrected chi connectivity index (χ3v) is 5.10. The van der Waals surface area contributed by atoms with Gasteiger partial charge in [0.2, 0.25) is 5.91 Å². The fourth-order valence-electron chi connectivity index (χ4n) is 2.67. The van der Waals surface area contributed by atoms with Gasteiger partial charge in [0.15, 0.2) is 5.11 Å². The highest BCUT2D eigenvalue weighted by Crippen LogP contribution is 2.26. The average molecular weight is 551 g/mol. The molecular weight excluding hydrogens is 524 g/mol. The first-order valence-electron chi connectivity index (χ1n) is 10.4. The first-order valence-corrected chi connectivity index (χ1v) is 11.6. The van der Waals surface area contributed by atoms with Crippen LogP contribution in [0.4, 0.5) is 5.69 Å². The average Bonchev–Trinajstić information content (AvgIpc) is 2.78. The lowest BCUT2D eigenvalue weighted by atomic mass is 10.1. The SMILES string of the molecule is COCCOc1ccc(C(=O)NC(=S)NNC(=O)c2ccc(NC(=O)CC(C)C)cc2)cc1Br. The summed E-state index contributed by atoms with van der Waals surface area (Å²) in [5.74, 6) is -0.182. The molecule has 0 aliphatic heterocycles. The van der Waals surface area contributed by atoms with Crippen molar-refractivity contribution in [2.75, 3.05) is 25.6 Å². The number of hydrazine groups is 1.